The minimum absolute atomic E-state index is 0.0519. The Labute approximate surface area is 114 Å². The van der Waals surface area contributed by atoms with Crippen LogP contribution in [0.3, 0.4) is 0 Å². The van der Waals surface area contributed by atoms with Crippen LogP contribution in [-0.4, -0.2) is 35.2 Å². The first kappa shape index (κ1) is 14.0. The Balaban J connectivity index is 1.79. The number of ether oxygens (including phenoxy) is 1. The summed E-state index contributed by atoms with van der Waals surface area (Å²) in [5, 5.41) is 13.7. The number of hydrogen-bond acceptors (Lipinski definition) is 5. The largest absolute Gasteiger partial charge is 0.481 e. The lowest BCUT2D eigenvalue weighted by Gasteiger charge is -2.05. The predicted molar refractivity (Wildman–Crippen MR) is 70.2 cm³/mol. The Kier molecular flexibility index (Phi) is 4.86. The van der Waals surface area contributed by atoms with Crippen LogP contribution < -0.4 is 5.32 Å². The number of amides is 1. The molecular weight excluding hydrogens is 268 g/mol. The summed E-state index contributed by atoms with van der Waals surface area (Å²) in [7, 11) is 0. The van der Waals surface area contributed by atoms with Crippen LogP contribution >= 0.6 is 11.3 Å². The quantitative estimate of drug-likeness (QED) is 0.827. The minimum Gasteiger partial charge on any atom is -0.481 e. The van der Waals surface area contributed by atoms with Gasteiger partial charge >= 0.3 is 5.97 Å². The molecule has 1 amide bonds. The van der Waals surface area contributed by atoms with Gasteiger partial charge in [0.1, 0.15) is 0 Å². The average Bonchev–Trinajstić information content (AvgIpc) is 2.99. The summed E-state index contributed by atoms with van der Waals surface area (Å²) >= 11 is 1.36. The van der Waals surface area contributed by atoms with Crippen LogP contribution in [0.2, 0.25) is 0 Å². The van der Waals surface area contributed by atoms with Crippen molar-refractivity contribution in [1.29, 1.82) is 0 Å². The molecule has 1 aliphatic rings. The number of carboxylic acids is 1. The molecule has 1 unspecified atom stereocenters. The second-order valence-corrected chi connectivity index (χ2v) is 5.30. The molecule has 7 heteroatoms. The Hall–Kier alpha value is -1.47. The van der Waals surface area contributed by atoms with E-state index in [-0.39, 0.29) is 18.2 Å². The number of nitrogens with zero attached hydrogens (tertiary/aromatic N) is 1. The van der Waals surface area contributed by atoms with Crippen molar-refractivity contribution >= 4 is 28.3 Å². The molecule has 0 bridgehead atoms. The van der Waals surface area contributed by atoms with Gasteiger partial charge in [0.2, 0.25) is 5.91 Å². The smallest absolute Gasteiger partial charge is 0.303 e. The van der Waals surface area contributed by atoms with E-state index in [2.05, 4.69) is 10.3 Å². The van der Waals surface area contributed by atoms with Gasteiger partial charge in [0.05, 0.1) is 18.2 Å². The Morgan fingerprint density at radius 3 is 3.11 bits per heavy atom. The molecular formula is C12H16N2O4S. The molecule has 2 N–H and O–H groups in total. The zero-order valence-corrected chi connectivity index (χ0v) is 11.2. The summed E-state index contributed by atoms with van der Waals surface area (Å²) in [5.41, 5.74) is 0.823. The minimum atomic E-state index is -0.801. The third kappa shape index (κ3) is 4.29. The van der Waals surface area contributed by atoms with Crippen LogP contribution in [0.4, 0.5) is 5.13 Å². The van der Waals surface area contributed by atoms with Gasteiger partial charge in [-0.25, -0.2) is 4.98 Å². The lowest BCUT2D eigenvalue weighted by Crippen LogP contribution is -2.22. The van der Waals surface area contributed by atoms with E-state index in [4.69, 9.17) is 9.84 Å². The van der Waals surface area contributed by atoms with E-state index in [0.29, 0.717) is 31.2 Å². The number of thiazole rings is 1. The number of aryl methyl sites for hydroxylation is 1. The SMILES string of the molecule is O=C(O)CCCc1csc(NC(=O)C2CCOC2)n1. The highest BCUT2D eigenvalue weighted by atomic mass is 32.1. The van der Waals surface area contributed by atoms with Crippen LogP contribution in [0, 0.1) is 5.92 Å². The van der Waals surface area contributed by atoms with Gasteiger partial charge in [0, 0.05) is 18.4 Å². The highest BCUT2D eigenvalue weighted by molar-refractivity contribution is 7.13. The molecule has 2 heterocycles. The molecule has 0 radical (unpaired) electrons. The van der Waals surface area contributed by atoms with Gasteiger partial charge in [0.15, 0.2) is 5.13 Å². The molecule has 0 spiro atoms. The third-order valence-electron chi connectivity index (χ3n) is 2.91. The van der Waals surface area contributed by atoms with E-state index in [1.165, 1.54) is 11.3 Å². The van der Waals surface area contributed by atoms with Gasteiger partial charge in [0.25, 0.3) is 0 Å². The summed E-state index contributed by atoms with van der Waals surface area (Å²) in [6, 6.07) is 0. The lowest BCUT2D eigenvalue weighted by molar-refractivity contribution is -0.137. The normalized spacial score (nSPS) is 18.4. The zero-order valence-electron chi connectivity index (χ0n) is 10.4. The maximum Gasteiger partial charge on any atom is 0.303 e. The standard InChI is InChI=1S/C12H16N2O4S/c15-10(16)3-1-2-9-7-19-12(13-9)14-11(17)8-4-5-18-6-8/h7-8H,1-6H2,(H,15,16)(H,13,14,17). The van der Waals surface area contributed by atoms with Gasteiger partial charge in [-0.05, 0) is 19.3 Å². The predicted octanol–water partition coefficient (Wildman–Crippen LogP) is 1.53. The number of carboxylic acid groups (broad SMARTS) is 1. The first-order valence-electron chi connectivity index (χ1n) is 6.20. The van der Waals surface area contributed by atoms with E-state index >= 15 is 0 Å². The fourth-order valence-corrected chi connectivity index (χ4v) is 2.60. The number of rotatable bonds is 6. The second kappa shape index (κ2) is 6.63. The molecule has 2 rings (SSSR count). The molecule has 104 valence electrons. The molecule has 0 saturated carbocycles. The Morgan fingerprint density at radius 1 is 1.58 bits per heavy atom. The summed E-state index contributed by atoms with van der Waals surface area (Å²) < 4.78 is 5.16. The van der Waals surface area contributed by atoms with Gasteiger partial charge in [-0.15, -0.1) is 11.3 Å². The number of aliphatic carboxylic acids is 1. The van der Waals surface area contributed by atoms with Crippen LogP contribution in [-0.2, 0) is 20.7 Å². The lowest BCUT2D eigenvalue weighted by atomic mass is 10.1. The number of carbonyl (C=O) groups excluding carboxylic acids is 1. The van der Waals surface area contributed by atoms with Crippen LogP contribution in [0.25, 0.3) is 0 Å². The number of nitrogens with one attached hydrogen (secondary N) is 1. The average molecular weight is 284 g/mol. The van der Waals surface area contributed by atoms with E-state index in [1.807, 2.05) is 5.38 Å². The van der Waals surface area contributed by atoms with Crippen molar-refractivity contribution in [2.45, 2.75) is 25.7 Å². The van der Waals surface area contributed by atoms with E-state index in [1.54, 1.807) is 0 Å². The molecule has 19 heavy (non-hydrogen) atoms. The Bertz CT molecular complexity index is 454. The van der Waals surface area contributed by atoms with Crippen molar-refractivity contribution in [2.24, 2.45) is 5.92 Å². The van der Waals surface area contributed by atoms with Gasteiger partial charge in [-0.2, -0.15) is 0 Å². The summed E-state index contributed by atoms with van der Waals surface area (Å²) in [4.78, 5) is 26.5. The second-order valence-electron chi connectivity index (χ2n) is 4.44. The van der Waals surface area contributed by atoms with Crippen molar-refractivity contribution in [1.82, 2.24) is 4.98 Å². The molecule has 1 aromatic rings. The van der Waals surface area contributed by atoms with Gasteiger partial charge < -0.3 is 15.2 Å². The summed E-state index contributed by atoms with van der Waals surface area (Å²) in [5.74, 6) is -0.937. The highest BCUT2D eigenvalue weighted by Crippen LogP contribution is 2.20. The topological polar surface area (TPSA) is 88.5 Å². The van der Waals surface area contributed by atoms with Crippen LogP contribution in [0.1, 0.15) is 25.0 Å². The molecule has 1 fully saturated rings. The molecule has 1 aromatic heterocycles. The van der Waals surface area contributed by atoms with Crippen molar-refractivity contribution in [2.75, 3.05) is 18.5 Å². The number of anilines is 1. The zero-order chi connectivity index (χ0) is 13.7. The molecule has 0 aromatic carbocycles. The van der Waals surface area contributed by atoms with Crippen molar-refractivity contribution in [3.8, 4) is 0 Å². The monoisotopic (exact) mass is 284 g/mol. The molecule has 1 atom stereocenters. The van der Waals surface area contributed by atoms with Crippen molar-refractivity contribution < 1.29 is 19.4 Å². The molecule has 1 saturated heterocycles. The van der Waals surface area contributed by atoms with E-state index < -0.39 is 5.97 Å². The van der Waals surface area contributed by atoms with E-state index in [9.17, 15) is 9.59 Å². The molecule has 6 nitrogen and oxygen atoms in total. The number of carbonyl (C=O) groups is 2. The Morgan fingerprint density at radius 2 is 2.42 bits per heavy atom. The maximum absolute atomic E-state index is 11.8. The number of hydrogen-bond donors (Lipinski definition) is 2. The molecule has 0 aliphatic carbocycles. The first-order chi connectivity index (χ1) is 9.15. The fourth-order valence-electron chi connectivity index (χ4n) is 1.85. The maximum atomic E-state index is 11.8. The summed E-state index contributed by atoms with van der Waals surface area (Å²) in [6.45, 7) is 1.11. The van der Waals surface area contributed by atoms with Gasteiger partial charge in [-0.3, -0.25) is 9.59 Å². The van der Waals surface area contributed by atoms with Gasteiger partial charge in [-0.1, -0.05) is 0 Å². The number of aromatic nitrogens is 1. The van der Waals surface area contributed by atoms with Crippen molar-refractivity contribution in [3.63, 3.8) is 0 Å². The third-order valence-corrected chi connectivity index (χ3v) is 3.71. The first-order valence-corrected chi connectivity index (χ1v) is 7.08. The molecule has 1 aliphatic heterocycles. The fraction of sp³-hybridized carbons (Fsp3) is 0.583. The van der Waals surface area contributed by atoms with Crippen LogP contribution in [0.5, 0.6) is 0 Å². The highest BCUT2D eigenvalue weighted by Gasteiger charge is 2.24. The van der Waals surface area contributed by atoms with Crippen molar-refractivity contribution in [3.05, 3.63) is 11.1 Å². The van der Waals surface area contributed by atoms with Crippen LogP contribution in [0.15, 0.2) is 5.38 Å². The van der Waals surface area contributed by atoms with E-state index in [0.717, 1.165) is 12.1 Å². The summed E-state index contributed by atoms with van der Waals surface area (Å²) in [6.07, 6.45) is 2.06.